The number of nitrogens with one attached hydrogen (secondary N) is 1. The first kappa shape index (κ1) is 11.3. The second-order valence-electron chi connectivity index (χ2n) is 2.34. The van der Waals surface area contributed by atoms with Crippen molar-refractivity contribution in [1.82, 2.24) is 5.32 Å². The standard InChI is InChI=1S/C8H14N2OS/c1-3-5-12-6-4-10-8(11)7(2)9/h1,7H,4-6,9H2,2H3,(H,10,11). The molecular weight excluding hydrogens is 172 g/mol. The van der Waals surface area contributed by atoms with Crippen LogP contribution < -0.4 is 11.1 Å². The summed E-state index contributed by atoms with van der Waals surface area (Å²) >= 11 is 1.62. The fourth-order valence-corrected chi connectivity index (χ4v) is 1.05. The van der Waals surface area contributed by atoms with E-state index in [0.717, 1.165) is 5.75 Å². The summed E-state index contributed by atoms with van der Waals surface area (Å²) in [6.45, 7) is 2.29. The monoisotopic (exact) mass is 186 g/mol. The van der Waals surface area contributed by atoms with E-state index in [-0.39, 0.29) is 5.91 Å². The minimum absolute atomic E-state index is 0.115. The molecule has 3 nitrogen and oxygen atoms in total. The number of amides is 1. The number of carbonyl (C=O) groups excluding carboxylic acids is 1. The molecule has 1 amide bonds. The van der Waals surface area contributed by atoms with Gasteiger partial charge in [0.2, 0.25) is 5.91 Å². The van der Waals surface area contributed by atoms with Crippen LogP contribution in [-0.2, 0) is 4.79 Å². The Balaban J connectivity index is 3.21. The fourth-order valence-electron chi connectivity index (χ4n) is 0.538. The first-order chi connectivity index (χ1) is 5.68. The Bertz CT molecular complexity index is 174. The van der Waals surface area contributed by atoms with Crippen LogP contribution in [0.5, 0.6) is 0 Å². The number of terminal acetylenes is 1. The maximum absolute atomic E-state index is 10.9. The molecule has 0 aromatic carbocycles. The number of carbonyl (C=O) groups is 1. The fraction of sp³-hybridized carbons (Fsp3) is 0.625. The van der Waals surface area contributed by atoms with E-state index < -0.39 is 6.04 Å². The van der Waals surface area contributed by atoms with E-state index in [9.17, 15) is 4.79 Å². The zero-order valence-electron chi connectivity index (χ0n) is 7.17. The topological polar surface area (TPSA) is 55.1 Å². The molecule has 3 N–H and O–H groups in total. The van der Waals surface area contributed by atoms with Crippen molar-refractivity contribution in [3.8, 4) is 12.3 Å². The Hall–Kier alpha value is -0.660. The minimum Gasteiger partial charge on any atom is -0.354 e. The van der Waals surface area contributed by atoms with Gasteiger partial charge in [0, 0.05) is 12.3 Å². The first-order valence-electron chi connectivity index (χ1n) is 3.73. The molecule has 0 aromatic rings. The van der Waals surface area contributed by atoms with Crippen LogP contribution in [0.15, 0.2) is 0 Å². The molecule has 12 heavy (non-hydrogen) atoms. The highest BCUT2D eigenvalue weighted by atomic mass is 32.2. The van der Waals surface area contributed by atoms with Gasteiger partial charge in [0.25, 0.3) is 0 Å². The SMILES string of the molecule is C#CCSCCNC(=O)C(C)N. The molecule has 1 atom stereocenters. The number of thioether (sulfide) groups is 1. The van der Waals surface area contributed by atoms with Gasteiger partial charge in [-0.2, -0.15) is 0 Å². The Kier molecular flexibility index (Phi) is 6.63. The van der Waals surface area contributed by atoms with Crippen LogP contribution in [0.2, 0.25) is 0 Å². The largest absolute Gasteiger partial charge is 0.354 e. The van der Waals surface area contributed by atoms with Gasteiger partial charge in [-0.1, -0.05) is 5.92 Å². The molecule has 0 aliphatic heterocycles. The molecule has 0 saturated carbocycles. The average molecular weight is 186 g/mol. The van der Waals surface area contributed by atoms with Gasteiger partial charge in [-0.05, 0) is 6.92 Å². The quantitative estimate of drug-likeness (QED) is 0.462. The lowest BCUT2D eigenvalue weighted by Crippen LogP contribution is -2.39. The van der Waals surface area contributed by atoms with Crippen molar-refractivity contribution in [3.05, 3.63) is 0 Å². The lowest BCUT2D eigenvalue weighted by molar-refractivity contribution is -0.121. The smallest absolute Gasteiger partial charge is 0.236 e. The highest BCUT2D eigenvalue weighted by Gasteiger charge is 2.04. The number of rotatable bonds is 5. The normalized spacial score (nSPS) is 11.8. The summed E-state index contributed by atoms with van der Waals surface area (Å²) in [5.41, 5.74) is 5.33. The van der Waals surface area contributed by atoms with Gasteiger partial charge >= 0.3 is 0 Å². The third-order valence-electron chi connectivity index (χ3n) is 1.14. The van der Waals surface area contributed by atoms with E-state index in [4.69, 9.17) is 12.2 Å². The van der Waals surface area contributed by atoms with Gasteiger partial charge < -0.3 is 11.1 Å². The highest BCUT2D eigenvalue weighted by molar-refractivity contribution is 7.99. The average Bonchev–Trinajstić information content (AvgIpc) is 2.03. The summed E-state index contributed by atoms with van der Waals surface area (Å²) in [6.07, 6.45) is 5.04. The summed E-state index contributed by atoms with van der Waals surface area (Å²) in [5, 5.41) is 2.69. The maximum Gasteiger partial charge on any atom is 0.236 e. The predicted octanol–water partition coefficient (Wildman–Crippen LogP) is -0.184. The molecule has 0 aliphatic carbocycles. The molecule has 0 bridgehead atoms. The molecular formula is C8H14N2OS. The van der Waals surface area contributed by atoms with Crippen molar-refractivity contribution in [2.24, 2.45) is 5.73 Å². The van der Waals surface area contributed by atoms with Crippen LogP contribution in [0.4, 0.5) is 0 Å². The van der Waals surface area contributed by atoms with Crippen LogP contribution in [-0.4, -0.2) is 30.0 Å². The van der Waals surface area contributed by atoms with Crippen molar-refractivity contribution in [2.45, 2.75) is 13.0 Å². The molecule has 4 heteroatoms. The number of nitrogens with two attached hydrogens (primary N) is 1. The van der Waals surface area contributed by atoms with E-state index in [2.05, 4.69) is 11.2 Å². The zero-order valence-corrected chi connectivity index (χ0v) is 7.99. The van der Waals surface area contributed by atoms with Crippen molar-refractivity contribution in [2.75, 3.05) is 18.1 Å². The predicted molar refractivity (Wildman–Crippen MR) is 52.8 cm³/mol. The Morgan fingerprint density at radius 1 is 1.83 bits per heavy atom. The molecule has 0 heterocycles. The minimum atomic E-state index is -0.428. The van der Waals surface area contributed by atoms with Crippen LogP contribution in [0.25, 0.3) is 0 Å². The van der Waals surface area contributed by atoms with Crippen molar-refractivity contribution < 1.29 is 4.79 Å². The van der Waals surface area contributed by atoms with E-state index in [1.54, 1.807) is 18.7 Å². The molecule has 0 radical (unpaired) electrons. The van der Waals surface area contributed by atoms with Crippen LogP contribution in [0.3, 0.4) is 0 Å². The highest BCUT2D eigenvalue weighted by Crippen LogP contribution is 1.95. The van der Waals surface area contributed by atoms with Crippen molar-refractivity contribution in [3.63, 3.8) is 0 Å². The van der Waals surface area contributed by atoms with Crippen LogP contribution >= 0.6 is 11.8 Å². The van der Waals surface area contributed by atoms with E-state index in [1.165, 1.54) is 0 Å². The van der Waals surface area contributed by atoms with Gasteiger partial charge in [-0.3, -0.25) is 4.79 Å². The molecule has 0 aliphatic rings. The second kappa shape index (κ2) is 7.01. The lowest BCUT2D eigenvalue weighted by Gasteiger charge is -2.05. The number of hydrogen-bond acceptors (Lipinski definition) is 3. The molecule has 68 valence electrons. The third kappa shape index (κ3) is 6.08. The van der Waals surface area contributed by atoms with Gasteiger partial charge in [-0.25, -0.2) is 0 Å². The van der Waals surface area contributed by atoms with Gasteiger partial charge in [0.1, 0.15) is 0 Å². The summed E-state index contributed by atoms with van der Waals surface area (Å²) < 4.78 is 0. The lowest BCUT2D eigenvalue weighted by atomic mass is 10.3. The van der Waals surface area contributed by atoms with Crippen molar-refractivity contribution in [1.29, 1.82) is 0 Å². The van der Waals surface area contributed by atoms with E-state index in [0.29, 0.717) is 12.3 Å². The van der Waals surface area contributed by atoms with E-state index in [1.807, 2.05) is 0 Å². The summed E-state index contributed by atoms with van der Waals surface area (Å²) in [4.78, 5) is 10.9. The maximum atomic E-state index is 10.9. The summed E-state index contributed by atoms with van der Waals surface area (Å²) in [6, 6.07) is -0.428. The molecule has 0 aromatic heterocycles. The summed E-state index contributed by atoms with van der Waals surface area (Å²) in [7, 11) is 0. The van der Waals surface area contributed by atoms with Gasteiger partial charge in [-0.15, -0.1) is 18.2 Å². The molecule has 0 spiro atoms. The van der Waals surface area contributed by atoms with E-state index >= 15 is 0 Å². The van der Waals surface area contributed by atoms with Gasteiger partial charge in [0.15, 0.2) is 0 Å². The summed E-state index contributed by atoms with van der Waals surface area (Å²) in [5.74, 6) is 3.91. The molecule has 0 rings (SSSR count). The molecule has 0 saturated heterocycles. The Morgan fingerprint density at radius 3 is 3.00 bits per heavy atom. The third-order valence-corrected chi connectivity index (χ3v) is 2.01. The Morgan fingerprint density at radius 2 is 2.50 bits per heavy atom. The Labute approximate surface area is 77.5 Å². The van der Waals surface area contributed by atoms with Gasteiger partial charge in [0.05, 0.1) is 11.8 Å². The van der Waals surface area contributed by atoms with Crippen LogP contribution in [0.1, 0.15) is 6.92 Å². The van der Waals surface area contributed by atoms with Crippen LogP contribution in [0, 0.1) is 12.3 Å². The second-order valence-corrected chi connectivity index (χ2v) is 3.44. The zero-order chi connectivity index (χ0) is 9.40. The molecule has 0 fully saturated rings. The number of hydrogen-bond donors (Lipinski definition) is 2. The molecule has 1 unspecified atom stereocenters. The first-order valence-corrected chi connectivity index (χ1v) is 4.88. The van der Waals surface area contributed by atoms with Crippen molar-refractivity contribution >= 4 is 17.7 Å².